The molecule has 6 nitrogen and oxygen atoms in total. The fourth-order valence-electron chi connectivity index (χ4n) is 2.67. The number of rotatable bonds is 12. The molecule has 0 aliphatic heterocycles. The van der Waals surface area contributed by atoms with Gasteiger partial charge in [-0.2, -0.15) is 0 Å². The lowest BCUT2D eigenvalue weighted by Crippen LogP contribution is -2.29. The first-order chi connectivity index (χ1) is 15.3. The fraction of sp³-hybridized carbons (Fsp3) is 0.333. The molecule has 2 aromatic carbocycles. The Hall–Kier alpha value is -2.32. The first-order valence-electron chi connectivity index (χ1n) is 10.2. The lowest BCUT2D eigenvalue weighted by molar-refractivity contribution is -0.150. The van der Waals surface area contributed by atoms with E-state index in [9.17, 15) is 19.2 Å². The number of hydrogen-bond acceptors (Lipinski definition) is 6. The Balaban J connectivity index is 1.90. The summed E-state index contributed by atoms with van der Waals surface area (Å²) in [5, 5.41) is 1.50. The van der Waals surface area contributed by atoms with E-state index in [2.05, 4.69) is 31.9 Å². The zero-order valence-electron chi connectivity index (χ0n) is 17.6. The number of carbonyl (C=O) groups is 4. The van der Waals surface area contributed by atoms with Crippen molar-refractivity contribution in [2.45, 2.75) is 32.6 Å². The van der Waals surface area contributed by atoms with Gasteiger partial charge in [0.2, 0.25) is 0 Å². The van der Waals surface area contributed by atoms with E-state index in [1.165, 1.54) is 31.2 Å². The van der Waals surface area contributed by atoms with Gasteiger partial charge in [-0.15, -0.1) is 0 Å². The molecule has 0 heterocycles. The number of Topliss-reactive ketones (excluding diaryl/α,β-unsaturated/α-hetero) is 2. The molecule has 0 aromatic heterocycles. The van der Waals surface area contributed by atoms with Crippen molar-refractivity contribution in [2.75, 3.05) is 10.7 Å². The minimum atomic E-state index is -1.16. The summed E-state index contributed by atoms with van der Waals surface area (Å²) in [7, 11) is 0. The summed E-state index contributed by atoms with van der Waals surface area (Å²) in [4.78, 5) is 48.6. The molecule has 0 bridgehead atoms. The molecule has 2 rings (SSSR count). The van der Waals surface area contributed by atoms with Crippen molar-refractivity contribution in [1.82, 2.24) is 0 Å². The van der Waals surface area contributed by atoms with Crippen LogP contribution in [0.1, 0.15) is 53.3 Å². The molecule has 0 fully saturated rings. The number of benzene rings is 2. The summed E-state index contributed by atoms with van der Waals surface area (Å²) < 4.78 is 10.5. The highest BCUT2D eigenvalue weighted by Gasteiger charge is 2.26. The number of esters is 2. The quantitative estimate of drug-likeness (QED) is 0.110. The van der Waals surface area contributed by atoms with E-state index in [-0.39, 0.29) is 23.1 Å². The predicted octanol–water partition coefficient (Wildman–Crippen LogP) is 5.55. The fourth-order valence-corrected chi connectivity index (χ4v) is 3.23. The SMILES string of the molecule is CC(C(=O)Oc1ccc(C(=O)CCCBr)cc1)C(=O)Oc1ccc(C(=O)CCCBr)cc1. The summed E-state index contributed by atoms with van der Waals surface area (Å²) in [6.45, 7) is 1.39. The van der Waals surface area contributed by atoms with Crippen molar-refractivity contribution in [2.24, 2.45) is 5.92 Å². The third kappa shape index (κ3) is 7.98. The summed E-state index contributed by atoms with van der Waals surface area (Å²) >= 11 is 6.58. The average molecular weight is 568 g/mol. The van der Waals surface area contributed by atoms with Crippen LogP contribution in [0.25, 0.3) is 0 Å². The Kier molecular flexibility index (Phi) is 10.8. The summed E-state index contributed by atoms with van der Waals surface area (Å²) in [6, 6.07) is 12.4. The molecule has 0 amide bonds. The Labute approximate surface area is 203 Å². The maximum absolute atomic E-state index is 12.3. The highest BCUT2D eigenvalue weighted by molar-refractivity contribution is 9.09. The van der Waals surface area contributed by atoms with E-state index in [1.54, 1.807) is 24.3 Å². The smallest absolute Gasteiger partial charge is 0.325 e. The van der Waals surface area contributed by atoms with Crippen molar-refractivity contribution in [3.8, 4) is 11.5 Å². The molecule has 0 saturated heterocycles. The molecule has 0 radical (unpaired) electrons. The minimum Gasteiger partial charge on any atom is -0.426 e. The number of alkyl halides is 2. The zero-order chi connectivity index (χ0) is 23.5. The molecule has 32 heavy (non-hydrogen) atoms. The van der Waals surface area contributed by atoms with Crippen LogP contribution in [0.3, 0.4) is 0 Å². The summed E-state index contributed by atoms with van der Waals surface area (Å²) in [5.41, 5.74) is 1.07. The monoisotopic (exact) mass is 566 g/mol. The molecule has 0 spiro atoms. The average Bonchev–Trinajstić information content (AvgIpc) is 2.81. The van der Waals surface area contributed by atoms with Gasteiger partial charge in [0.25, 0.3) is 0 Å². The number of carbonyl (C=O) groups excluding carboxylic acids is 4. The van der Waals surface area contributed by atoms with Crippen LogP contribution < -0.4 is 9.47 Å². The molecule has 0 unspecified atom stereocenters. The number of halogens is 2. The van der Waals surface area contributed by atoms with Crippen LogP contribution in [0.4, 0.5) is 0 Å². The lowest BCUT2D eigenvalue weighted by Gasteiger charge is -2.11. The Morgan fingerprint density at radius 3 is 1.34 bits per heavy atom. The molecule has 8 heteroatoms. The van der Waals surface area contributed by atoms with E-state index in [0.29, 0.717) is 24.0 Å². The molecule has 0 saturated carbocycles. The van der Waals surface area contributed by atoms with Gasteiger partial charge in [-0.25, -0.2) is 0 Å². The highest BCUT2D eigenvalue weighted by atomic mass is 79.9. The van der Waals surface area contributed by atoms with Gasteiger partial charge >= 0.3 is 11.9 Å². The number of ether oxygens (including phenoxy) is 2. The van der Waals surface area contributed by atoms with E-state index in [4.69, 9.17) is 9.47 Å². The van der Waals surface area contributed by atoms with Crippen molar-refractivity contribution >= 4 is 55.4 Å². The Morgan fingerprint density at radius 1 is 0.688 bits per heavy atom. The van der Waals surface area contributed by atoms with Crippen LogP contribution in [-0.4, -0.2) is 34.2 Å². The van der Waals surface area contributed by atoms with Gasteiger partial charge in [0.15, 0.2) is 17.5 Å². The Morgan fingerprint density at radius 2 is 1.03 bits per heavy atom. The van der Waals surface area contributed by atoms with Crippen LogP contribution >= 0.6 is 31.9 Å². The second kappa shape index (κ2) is 13.3. The highest BCUT2D eigenvalue weighted by Crippen LogP contribution is 2.18. The van der Waals surface area contributed by atoms with Crippen LogP contribution in [0, 0.1) is 5.92 Å². The zero-order valence-corrected chi connectivity index (χ0v) is 20.8. The molecule has 170 valence electrons. The molecule has 0 atom stereocenters. The van der Waals surface area contributed by atoms with Gasteiger partial charge < -0.3 is 9.47 Å². The molecular formula is C24H24Br2O6. The molecule has 0 aliphatic rings. The van der Waals surface area contributed by atoms with Gasteiger partial charge in [0.05, 0.1) is 0 Å². The number of ketones is 2. The predicted molar refractivity (Wildman–Crippen MR) is 128 cm³/mol. The summed E-state index contributed by atoms with van der Waals surface area (Å²) in [5.74, 6) is -2.21. The topological polar surface area (TPSA) is 86.7 Å². The van der Waals surface area contributed by atoms with Crippen LogP contribution in [-0.2, 0) is 9.59 Å². The van der Waals surface area contributed by atoms with Crippen molar-refractivity contribution in [3.05, 3.63) is 59.7 Å². The van der Waals surface area contributed by atoms with Gasteiger partial charge in [0.1, 0.15) is 11.5 Å². The third-order valence-electron chi connectivity index (χ3n) is 4.57. The standard InChI is InChI=1S/C24H24Br2O6/c1-16(23(29)31-19-10-6-17(7-11-19)21(27)4-2-14-25)24(30)32-20-12-8-18(9-13-20)22(28)5-3-15-26/h6-13,16H,2-5,14-15H2,1H3. The van der Waals surface area contributed by atoms with Gasteiger partial charge in [-0.1, -0.05) is 31.9 Å². The summed E-state index contributed by atoms with van der Waals surface area (Å²) in [6.07, 6.45) is 2.34. The first-order valence-corrected chi connectivity index (χ1v) is 12.4. The van der Waals surface area contributed by atoms with Crippen LogP contribution in [0.5, 0.6) is 11.5 Å². The second-order valence-corrected chi connectivity index (χ2v) is 8.63. The maximum Gasteiger partial charge on any atom is 0.325 e. The lowest BCUT2D eigenvalue weighted by atomic mass is 10.1. The van der Waals surface area contributed by atoms with Gasteiger partial charge in [0, 0.05) is 34.6 Å². The molecule has 0 aliphatic carbocycles. The van der Waals surface area contributed by atoms with E-state index >= 15 is 0 Å². The normalized spacial score (nSPS) is 10.6. The molecule has 2 aromatic rings. The number of hydrogen-bond donors (Lipinski definition) is 0. The van der Waals surface area contributed by atoms with Crippen LogP contribution in [0.15, 0.2) is 48.5 Å². The first kappa shape index (κ1) is 25.9. The molecule has 0 N–H and O–H groups in total. The van der Waals surface area contributed by atoms with Crippen LogP contribution in [0.2, 0.25) is 0 Å². The van der Waals surface area contributed by atoms with Crippen molar-refractivity contribution in [1.29, 1.82) is 0 Å². The van der Waals surface area contributed by atoms with E-state index in [1.807, 2.05) is 0 Å². The maximum atomic E-state index is 12.3. The minimum absolute atomic E-state index is 0.00936. The second-order valence-electron chi connectivity index (χ2n) is 7.04. The van der Waals surface area contributed by atoms with Crippen molar-refractivity contribution < 1.29 is 28.7 Å². The van der Waals surface area contributed by atoms with Gasteiger partial charge in [-0.05, 0) is 68.3 Å². The van der Waals surface area contributed by atoms with Crippen molar-refractivity contribution in [3.63, 3.8) is 0 Å². The van der Waals surface area contributed by atoms with E-state index < -0.39 is 17.9 Å². The van der Waals surface area contributed by atoms with E-state index in [0.717, 1.165) is 23.5 Å². The Bertz CT molecular complexity index is 860. The largest absolute Gasteiger partial charge is 0.426 e. The molecular weight excluding hydrogens is 544 g/mol. The van der Waals surface area contributed by atoms with Gasteiger partial charge in [-0.3, -0.25) is 19.2 Å². The third-order valence-corrected chi connectivity index (χ3v) is 5.69.